The number of hydrogen-bond donors (Lipinski definition) is 1. The third-order valence-electron chi connectivity index (χ3n) is 1.87. The van der Waals surface area contributed by atoms with Gasteiger partial charge in [-0.05, 0) is 22.4 Å². The van der Waals surface area contributed by atoms with Crippen molar-refractivity contribution in [2.24, 2.45) is 4.99 Å². The van der Waals surface area contributed by atoms with Gasteiger partial charge < -0.3 is 9.65 Å². The highest BCUT2D eigenvalue weighted by molar-refractivity contribution is 7.14. The van der Waals surface area contributed by atoms with Crippen molar-refractivity contribution in [3.05, 3.63) is 17.8 Å². The van der Waals surface area contributed by atoms with E-state index >= 15 is 0 Å². The molecule has 1 aromatic rings. The average molecular weight is 167 g/mol. The van der Waals surface area contributed by atoms with Gasteiger partial charge in [0, 0.05) is 17.5 Å². The van der Waals surface area contributed by atoms with Crippen molar-refractivity contribution in [3.63, 3.8) is 0 Å². The average Bonchev–Trinajstić information content (AvgIpc) is 2.35. The van der Waals surface area contributed by atoms with Gasteiger partial charge in [0.25, 0.3) is 0 Å². The lowest BCUT2D eigenvalue weighted by atomic mass is 10.2. The molecule has 0 saturated carbocycles. The lowest BCUT2D eigenvalue weighted by Crippen LogP contribution is -2.12. The van der Waals surface area contributed by atoms with Crippen LogP contribution < -0.4 is 5.32 Å². The standard InChI is InChI=1S/C7H10N3P/c1-5-6-2-3-10(11)7(6)9-4-8-5/h2-3,9H,4,11H2,1H3. The van der Waals surface area contributed by atoms with Crippen molar-refractivity contribution in [1.29, 1.82) is 0 Å². The van der Waals surface area contributed by atoms with Gasteiger partial charge in [-0.3, -0.25) is 4.99 Å². The van der Waals surface area contributed by atoms with Gasteiger partial charge in [-0.25, -0.2) is 0 Å². The Morgan fingerprint density at radius 2 is 2.55 bits per heavy atom. The second kappa shape index (κ2) is 2.35. The summed E-state index contributed by atoms with van der Waals surface area (Å²) in [5.74, 6) is 1.14. The molecule has 1 aromatic heterocycles. The van der Waals surface area contributed by atoms with Crippen LogP contribution in [-0.4, -0.2) is 16.7 Å². The van der Waals surface area contributed by atoms with E-state index < -0.39 is 0 Å². The van der Waals surface area contributed by atoms with Gasteiger partial charge in [-0.2, -0.15) is 0 Å². The van der Waals surface area contributed by atoms with Crippen LogP contribution in [0.2, 0.25) is 0 Å². The highest BCUT2D eigenvalue weighted by Gasteiger charge is 2.11. The molecule has 4 heteroatoms. The molecule has 1 N–H and O–H groups in total. The van der Waals surface area contributed by atoms with E-state index in [1.165, 1.54) is 5.56 Å². The van der Waals surface area contributed by atoms with Crippen LogP contribution in [0.3, 0.4) is 0 Å². The van der Waals surface area contributed by atoms with Crippen LogP contribution in [0.4, 0.5) is 5.82 Å². The van der Waals surface area contributed by atoms with Crippen molar-refractivity contribution >= 4 is 20.9 Å². The Bertz CT molecular complexity index is 313. The van der Waals surface area contributed by atoms with E-state index in [9.17, 15) is 0 Å². The molecule has 0 fully saturated rings. The predicted molar refractivity (Wildman–Crippen MR) is 50.2 cm³/mol. The first-order valence-corrected chi connectivity index (χ1v) is 4.02. The number of aromatic nitrogens is 1. The Hall–Kier alpha value is -0.820. The fourth-order valence-electron chi connectivity index (χ4n) is 1.24. The quantitative estimate of drug-likeness (QED) is 0.580. The monoisotopic (exact) mass is 167 g/mol. The molecule has 0 aliphatic carbocycles. The Balaban J connectivity index is 2.58. The first-order chi connectivity index (χ1) is 5.29. The van der Waals surface area contributed by atoms with Gasteiger partial charge >= 0.3 is 0 Å². The number of nitrogens with one attached hydrogen (secondary N) is 1. The molecule has 0 radical (unpaired) electrons. The summed E-state index contributed by atoms with van der Waals surface area (Å²) >= 11 is 0. The number of fused-ring (bicyclic) bond motifs is 1. The maximum Gasteiger partial charge on any atom is 0.119 e. The minimum atomic E-state index is 0.692. The molecule has 2 heterocycles. The molecule has 0 amide bonds. The lowest BCUT2D eigenvalue weighted by molar-refractivity contribution is 1.08. The minimum absolute atomic E-state index is 0.692. The SMILES string of the molecule is CC1=NCNc2c1ccn2P. The molecule has 0 bridgehead atoms. The number of anilines is 1. The van der Waals surface area contributed by atoms with E-state index in [0.717, 1.165) is 11.5 Å². The highest BCUT2D eigenvalue weighted by atomic mass is 31.0. The first-order valence-electron chi connectivity index (χ1n) is 3.51. The Kier molecular flexibility index (Phi) is 1.46. The molecule has 1 atom stereocenters. The van der Waals surface area contributed by atoms with Crippen molar-refractivity contribution in [2.75, 3.05) is 12.0 Å². The maximum absolute atomic E-state index is 4.27. The molecular weight excluding hydrogens is 157 g/mol. The van der Waals surface area contributed by atoms with Gasteiger partial charge in [-0.1, -0.05) is 0 Å². The van der Waals surface area contributed by atoms with E-state index in [1.807, 2.05) is 17.5 Å². The Labute approximate surface area is 67.8 Å². The van der Waals surface area contributed by atoms with Crippen LogP contribution in [0.1, 0.15) is 12.5 Å². The number of rotatable bonds is 0. The van der Waals surface area contributed by atoms with Gasteiger partial charge in [0.05, 0.1) is 0 Å². The van der Waals surface area contributed by atoms with E-state index in [2.05, 4.69) is 25.8 Å². The van der Waals surface area contributed by atoms with Crippen LogP contribution in [0.25, 0.3) is 0 Å². The zero-order valence-corrected chi connectivity index (χ0v) is 7.49. The fraction of sp³-hybridized carbons (Fsp3) is 0.286. The lowest BCUT2D eigenvalue weighted by Gasteiger charge is -2.13. The van der Waals surface area contributed by atoms with E-state index in [4.69, 9.17) is 0 Å². The van der Waals surface area contributed by atoms with Crippen LogP contribution >= 0.6 is 9.39 Å². The molecule has 0 aromatic carbocycles. The molecule has 1 unspecified atom stereocenters. The second-order valence-corrected chi connectivity index (χ2v) is 3.12. The van der Waals surface area contributed by atoms with Crippen LogP contribution in [-0.2, 0) is 0 Å². The Morgan fingerprint density at radius 1 is 1.73 bits per heavy atom. The fourth-order valence-corrected chi connectivity index (χ4v) is 1.56. The summed E-state index contributed by atoms with van der Waals surface area (Å²) < 4.78 is 1.99. The van der Waals surface area contributed by atoms with Crippen molar-refractivity contribution in [2.45, 2.75) is 6.92 Å². The van der Waals surface area contributed by atoms with Gasteiger partial charge in [0.2, 0.25) is 0 Å². The van der Waals surface area contributed by atoms with Crippen molar-refractivity contribution < 1.29 is 0 Å². The summed E-state index contributed by atoms with van der Waals surface area (Å²) in [6, 6.07) is 2.06. The summed E-state index contributed by atoms with van der Waals surface area (Å²) in [5.41, 5.74) is 2.31. The summed E-state index contributed by atoms with van der Waals surface area (Å²) in [5, 5.41) is 3.20. The number of aliphatic imine (C=N–C) groups is 1. The summed E-state index contributed by atoms with van der Waals surface area (Å²) in [4.78, 5) is 4.27. The van der Waals surface area contributed by atoms with Gasteiger partial charge in [0.15, 0.2) is 0 Å². The minimum Gasteiger partial charge on any atom is -0.352 e. The number of hydrogen-bond acceptors (Lipinski definition) is 2. The van der Waals surface area contributed by atoms with Gasteiger partial charge in [-0.15, -0.1) is 0 Å². The Morgan fingerprint density at radius 3 is 3.27 bits per heavy atom. The topological polar surface area (TPSA) is 29.3 Å². The van der Waals surface area contributed by atoms with Crippen molar-refractivity contribution in [3.8, 4) is 0 Å². The molecule has 1 aliphatic rings. The molecule has 1 aliphatic heterocycles. The van der Waals surface area contributed by atoms with Crippen LogP contribution in [0, 0.1) is 0 Å². The molecule has 58 valence electrons. The molecular formula is C7H10N3P. The second-order valence-electron chi connectivity index (χ2n) is 2.56. The zero-order valence-electron chi connectivity index (χ0n) is 6.33. The van der Waals surface area contributed by atoms with Gasteiger partial charge in [0.1, 0.15) is 12.5 Å². The van der Waals surface area contributed by atoms with E-state index in [1.54, 1.807) is 0 Å². The summed E-state index contributed by atoms with van der Waals surface area (Å²) in [6.07, 6.45) is 2.01. The highest BCUT2D eigenvalue weighted by Crippen LogP contribution is 2.22. The smallest absolute Gasteiger partial charge is 0.119 e. The van der Waals surface area contributed by atoms with E-state index in [-0.39, 0.29) is 0 Å². The molecule has 11 heavy (non-hydrogen) atoms. The van der Waals surface area contributed by atoms with Crippen LogP contribution in [0.5, 0.6) is 0 Å². The van der Waals surface area contributed by atoms with Crippen molar-refractivity contribution in [1.82, 2.24) is 4.34 Å². The summed E-state index contributed by atoms with van der Waals surface area (Å²) in [7, 11) is 2.63. The molecule has 0 saturated heterocycles. The first kappa shape index (κ1) is 6.86. The molecule has 2 rings (SSSR count). The number of nitrogens with zero attached hydrogens (tertiary/aromatic N) is 2. The zero-order chi connectivity index (χ0) is 7.84. The van der Waals surface area contributed by atoms with E-state index in [0.29, 0.717) is 6.67 Å². The van der Waals surface area contributed by atoms with Crippen LogP contribution in [0.15, 0.2) is 17.3 Å². The molecule has 3 nitrogen and oxygen atoms in total. The maximum atomic E-state index is 4.27. The summed E-state index contributed by atoms with van der Waals surface area (Å²) in [6.45, 7) is 2.72. The largest absolute Gasteiger partial charge is 0.352 e. The molecule has 0 spiro atoms. The third-order valence-corrected chi connectivity index (χ3v) is 2.30. The third kappa shape index (κ3) is 0.962. The normalized spacial score (nSPS) is 15.3. The predicted octanol–water partition coefficient (Wildman–Crippen LogP) is 1.32.